The lowest BCUT2D eigenvalue weighted by Gasteiger charge is -2.20. The van der Waals surface area contributed by atoms with Crippen molar-refractivity contribution in [2.45, 2.75) is 26.2 Å². The molecule has 0 spiro atoms. The number of pyridine rings is 1. The second kappa shape index (κ2) is 3.02. The molecule has 0 radical (unpaired) electrons. The van der Waals surface area contributed by atoms with Crippen molar-refractivity contribution in [1.82, 2.24) is 4.98 Å². The van der Waals surface area contributed by atoms with Gasteiger partial charge in [-0.05, 0) is 11.5 Å². The largest absolute Gasteiger partial charge is 0.244 e. The van der Waals surface area contributed by atoms with Crippen molar-refractivity contribution in [1.29, 1.82) is 0 Å². The van der Waals surface area contributed by atoms with E-state index < -0.39 is 0 Å². The second-order valence-corrected chi connectivity index (χ2v) is 4.07. The normalized spacial score (nSPS) is 11.8. The molecule has 1 rings (SSSR count). The van der Waals surface area contributed by atoms with Gasteiger partial charge in [0.15, 0.2) is 0 Å². The van der Waals surface area contributed by atoms with Crippen LogP contribution in [0.25, 0.3) is 0 Å². The van der Waals surface area contributed by atoms with E-state index in [-0.39, 0.29) is 16.4 Å². The van der Waals surface area contributed by atoms with Crippen molar-refractivity contribution in [3.8, 4) is 0 Å². The summed E-state index contributed by atoms with van der Waals surface area (Å²) in [5.74, 6) is -0.289. The molecule has 1 nitrogen and oxygen atoms in total. The molecule has 3 heteroatoms. The van der Waals surface area contributed by atoms with Crippen molar-refractivity contribution >= 4 is 11.6 Å². The highest BCUT2D eigenvalue weighted by molar-refractivity contribution is 6.30. The molecule has 1 aromatic rings. The van der Waals surface area contributed by atoms with Crippen LogP contribution in [0.1, 0.15) is 26.3 Å². The Morgan fingerprint density at radius 3 is 2.33 bits per heavy atom. The van der Waals surface area contributed by atoms with Crippen molar-refractivity contribution in [2.24, 2.45) is 0 Å². The Morgan fingerprint density at radius 1 is 1.42 bits per heavy atom. The molecule has 0 atom stereocenters. The molecule has 0 amide bonds. The molecular weight excluding hydrogens is 177 g/mol. The van der Waals surface area contributed by atoms with E-state index in [0.717, 1.165) is 0 Å². The predicted octanol–water partition coefficient (Wildman–Crippen LogP) is 3.17. The van der Waals surface area contributed by atoms with Crippen LogP contribution in [-0.4, -0.2) is 4.98 Å². The maximum Gasteiger partial charge on any atom is 0.135 e. The lowest BCUT2D eigenvalue weighted by atomic mass is 9.88. The minimum absolute atomic E-state index is 0.252. The van der Waals surface area contributed by atoms with Gasteiger partial charge in [-0.1, -0.05) is 32.4 Å². The molecule has 0 N–H and O–H groups in total. The van der Waals surface area contributed by atoms with Crippen LogP contribution in [-0.2, 0) is 5.41 Å². The van der Waals surface area contributed by atoms with Crippen LogP contribution in [0, 0.1) is 5.82 Å². The number of aromatic nitrogens is 1. The second-order valence-electron chi connectivity index (χ2n) is 3.71. The molecule has 0 saturated carbocycles. The summed E-state index contributed by atoms with van der Waals surface area (Å²) >= 11 is 5.76. The van der Waals surface area contributed by atoms with Crippen molar-refractivity contribution < 1.29 is 4.39 Å². The molecule has 0 bridgehead atoms. The average Bonchev–Trinajstić information content (AvgIpc) is 1.82. The number of hydrogen-bond acceptors (Lipinski definition) is 1. The smallest absolute Gasteiger partial charge is 0.135 e. The molecule has 0 aliphatic carbocycles. The third-order valence-corrected chi connectivity index (χ3v) is 1.89. The Hall–Kier alpha value is -0.630. The van der Waals surface area contributed by atoms with Crippen LogP contribution in [0.4, 0.5) is 4.39 Å². The summed E-state index contributed by atoms with van der Waals surface area (Å²) in [6.07, 6.45) is 1.37. The Kier molecular flexibility index (Phi) is 2.38. The standard InChI is InChI=1S/C9H11ClFN/c1-9(2,3)7-6(11)4-5-12-8(7)10/h4-5H,1-3H3. The summed E-state index contributed by atoms with van der Waals surface area (Å²) in [4.78, 5) is 3.83. The highest BCUT2D eigenvalue weighted by Gasteiger charge is 2.22. The molecule has 0 saturated heterocycles. The number of nitrogens with zero attached hydrogens (tertiary/aromatic N) is 1. The fourth-order valence-corrected chi connectivity index (χ4v) is 1.51. The van der Waals surface area contributed by atoms with Crippen LogP contribution in [0.5, 0.6) is 0 Å². The van der Waals surface area contributed by atoms with Gasteiger partial charge >= 0.3 is 0 Å². The summed E-state index contributed by atoms with van der Waals surface area (Å²) in [5.41, 5.74) is 0.182. The Balaban J connectivity index is 3.31. The van der Waals surface area contributed by atoms with Crippen LogP contribution in [0.15, 0.2) is 12.3 Å². The molecule has 1 heterocycles. The van der Waals surface area contributed by atoms with Gasteiger partial charge < -0.3 is 0 Å². The molecule has 12 heavy (non-hydrogen) atoms. The minimum atomic E-state index is -0.296. The Morgan fingerprint density at radius 2 is 2.00 bits per heavy atom. The minimum Gasteiger partial charge on any atom is -0.244 e. The highest BCUT2D eigenvalue weighted by atomic mass is 35.5. The summed E-state index contributed by atoms with van der Waals surface area (Å²) < 4.78 is 13.2. The van der Waals surface area contributed by atoms with Gasteiger partial charge in [-0.15, -0.1) is 0 Å². The molecule has 0 fully saturated rings. The lowest BCUT2D eigenvalue weighted by molar-refractivity contribution is 0.520. The van der Waals surface area contributed by atoms with Gasteiger partial charge in [0, 0.05) is 11.8 Å². The van der Waals surface area contributed by atoms with Crippen LogP contribution < -0.4 is 0 Å². The van der Waals surface area contributed by atoms with E-state index >= 15 is 0 Å². The predicted molar refractivity (Wildman–Crippen MR) is 47.9 cm³/mol. The number of rotatable bonds is 0. The van der Waals surface area contributed by atoms with Gasteiger partial charge in [-0.3, -0.25) is 0 Å². The topological polar surface area (TPSA) is 12.9 Å². The fourth-order valence-electron chi connectivity index (χ4n) is 1.08. The van der Waals surface area contributed by atoms with Gasteiger partial charge in [0.05, 0.1) is 0 Å². The maximum atomic E-state index is 13.2. The molecule has 0 aliphatic rings. The summed E-state index contributed by atoms with van der Waals surface area (Å²) in [6, 6.07) is 1.33. The van der Waals surface area contributed by atoms with E-state index in [1.807, 2.05) is 20.8 Å². The van der Waals surface area contributed by atoms with Gasteiger partial charge in [0.25, 0.3) is 0 Å². The third kappa shape index (κ3) is 1.75. The summed E-state index contributed by atoms with van der Waals surface area (Å²) in [7, 11) is 0. The Labute approximate surface area is 76.6 Å². The first-order valence-corrected chi connectivity index (χ1v) is 4.11. The van der Waals surface area contributed by atoms with Crippen molar-refractivity contribution in [3.63, 3.8) is 0 Å². The zero-order valence-corrected chi connectivity index (χ0v) is 8.11. The van der Waals surface area contributed by atoms with Crippen LogP contribution in [0.3, 0.4) is 0 Å². The molecule has 0 aliphatic heterocycles. The first-order chi connectivity index (χ1) is 5.43. The molecular formula is C9H11ClFN. The SMILES string of the molecule is CC(C)(C)c1c(F)ccnc1Cl. The third-order valence-electron chi connectivity index (χ3n) is 1.60. The van der Waals surface area contributed by atoms with E-state index in [1.165, 1.54) is 12.3 Å². The van der Waals surface area contributed by atoms with Gasteiger partial charge in [0.1, 0.15) is 11.0 Å². The fraction of sp³-hybridized carbons (Fsp3) is 0.444. The monoisotopic (exact) mass is 187 g/mol. The van der Waals surface area contributed by atoms with E-state index in [9.17, 15) is 4.39 Å². The van der Waals surface area contributed by atoms with Gasteiger partial charge in [-0.2, -0.15) is 0 Å². The highest BCUT2D eigenvalue weighted by Crippen LogP contribution is 2.29. The van der Waals surface area contributed by atoms with Crippen molar-refractivity contribution in [3.05, 3.63) is 28.8 Å². The van der Waals surface area contributed by atoms with Crippen molar-refractivity contribution in [2.75, 3.05) is 0 Å². The zero-order valence-electron chi connectivity index (χ0n) is 7.36. The van der Waals surface area contributed by atoms with E-state index in [2.05, 4.69) is 4.98 Å². The number of halogens is 2. The Bertz CT molecular complexity index is 271. The summed E-state index contributed by atoms with van der Waals surface area (Å²) in [6.45, 7) is 5.71. The lowest BCUT2D eigenvalue weighted by Crippen LogP contribution is -2.14. The first kappa shape index (κ1) is 9.46. The quantitative estimate of drug-likeness (QED) is 0.569. The van der Waals surface area contributed by atoms with E-state index in [1.54, 1.807) is 0 Å². The van der Waals surface area contributed by atoms with Crippen LogP contribution >= 0.6 is 11.6 Å². The maximum absolute atomic E-state index is 13.2. The molecule has 66 valence electrons. The first-order valence-electron chi connectivity index (χ1n) is 3.73. The van der Waals surface area contributed by atoms with Gasteiger partial charge in [-0.25, -0.2) is 9.37 Å². The van der Waals surface area contributed by atoms with Gasteiger partial charge in [0.2, 0.25) is 0 Å². The molecule has 0 unspecified atom stereocenters. The van der Waals surface area contributed by atoms with E-state index in [4.69, 9.17) is 11.6 Å². The molecule has 0 aromatic carbocycles. The average molecular weight is 188 g/mol. The van der Waals surface area contributed by atoms with E-state index in [0.29, 0.717) is 5.56 Å². The zero-order chi connectivity index (χ0) is 9.35. The number of hydrogen-bond donors (Lipinski definition) is 0. The summed E-state index contributed by atoms with van der Waals surface area (Å²) in [5, 5.41) is 0.252. The molecule has 1 aromatic heterocycles. The van der Waals surface area contributed by atoms with Crippen LogP contribution in [0.2, 0.25) is 5.15 Å².